The largest absolute Gasteiger partial charge is 0.459 e. The first-order valence-electron chi connectivity index (χ1n) is 5.66. The van der Waals surface area contributed by atoms with Gasteiger partial charge in [0.1, 0.15) is 0 Å². The van der Waals surface area contributed by atoms with Gasteiger partial charge in [-0.05, 0) is 36.4 Å². The van der Waals surface area contributed by atoms with Crippen LogP contribution in [0.15, 0.2) is 40.3 Å². The summed E-state index contributed by atoms with van der Waals surface area (Å²) in [5.41, 5.74) is 0.191. The predicted molar refractivity (Wildman–Crippen MR) is 66.3 cm³/mol. The summed E-state index contributed by atoms with van der Waals surface area (Å²) in [6.45, 7) is 0.701. The maximum Gasteiger partial charge on any atom is 0.287 e. The molecule has 0 atom stereocenters. The Balaban J connectivity index is 1.64. The van der Waals surface area contributed by atoms with Gasteiger partial charge in [-0.2, -0.15) is 0 Å². The molecule has 88 valence electrons. The molecule has 1 fully saturated rings. The number of hydrogen-bond donors (Lipinski definition) is 1. The highest BCUT2D eigenvalue weighted by Gasteiger charge is 2.45. The summed E-state index contributed by atoms with van der Waals surface area (Å²) in [6, 6.07) is 7.62. The second-order valence-corrected chi connectivity index (χ2v) is 5.37. The molecule has 1 amide bonds. The van der Waals surface area contributed by atoms with Crippen LogP contribution in [0.2, 0.25) is 0 Å². The molecule has 3 nitrogen and oxygen atoms in total. The molecule has 2 heterocycles. The summed E-state index contributed by atoms with van der Waals surface area (Å²) in [4.78, 5) is 13.1. The van der Waals surface area contributed by atoms with Gasteiger partial charge in [-0.3, -0.25) is 4.79 Å². The van der Waals surface area contributed by atoms with Crippen LogP contribution in [0, 0.1) is 0 Å². The molecule has 4 heteroatoms. The van der Waals surface area contributed by atoms with Gasteiger partial charge in [-0.25, -0.2) is 0 Å². The molecule has 0 spiro atoms. The van der Waals surface area contributed by atoms with Crippen LogP contribution in [0.4, 0.5) is 0 Å². The molecular formula is C13H13NO2S. The van der Waals surface area contributed by atoms with Gasteiger partial charge < -0.3 is 9.73 Å². The first kappa shape index (κ1) is 10.6. The minimum Gasteiger partial charge on any atom is -0.459 e. The second-order valence-electron chi connectivity index (χ2n) is 4.42. The molecule has 0 radical (unpaired) electrons. The van der Waals surface area contributed by atoms with Crippen molar-refractivity contribution in [2.45, 2.75) is 18.3 Å². The molecule has 0 saturated heterocycles. The Morgan fingerprint density at radius 2 is 2.29 bits per heavy atom. The number of amides is 1. The Morgan fingerprint density at radius 3 is 2.88 bits per heavy atom. The smallest absolute Gasteiger partial charge is 0.287 e. The molecule has 0 aromatic carbocycles. The van der Waals surface area contributed by atoms with Crippen LogP contribution < -0.4 is 5.32 Å². The highest BCUT2D eigenvalue weighted by atomic mass is 32.1. The van der Waals surface area contributed by atoms with E-state index >= 15 is 0 Å². The van der Waals surface area contributed by atoms with Crippen molar-refractivity contribution < 1.29 is 9.21 Å². The van der Waals surface area contributed by atoms with Crippen LogP contribution in [0.1, 0.15) is 28.3 Å². The fourth-order valence-corrected chi connectivity index (χ4v) is 2.97. The van der Waals surface area contributed by atoms with E-state index in [4.69, 9.17) is 4.42 Å². The van der Waals surface area contributed by atoms with Gasteiger partial charge in [0.05, 0.1) is 6.26 Å². The molecule has 3 rings (SSSR count). The van der Waals surface area contributed by atoms with Crippen molar-refractivity contribution in [3.05, 3.63) is 46.5 Å². The van der Waals surface area contributed by atoms with E-state index in [1.807, 2.05) is 0 Å². The van der Waals surface area contributed by atoms with Crippen LogP contribution in [-0.4, -0.2) is 12.5 Å². The van der Waals surface area contributed by atoms with Crippen molar-refractivity contribution in [1.29, 1.82) is 0 Å². The number of carbonyl (C=O) groups excluding carboxylic acids is 1. The Kier molecular flexibility index (Phi) is 2.52. The zero-order valence-corrected chi connectivity index (χ0v) is 10.1. The Bertz CT molecular complexity index is 498. The van der Waals surface area contributed by atoms with E-state index in [9.17, 15) is 4.79 Å². The van der Waals surface area contributed by atoms with Crippen molar-refractivity contribution in [3.63, 3.8) is 0 Å². The Labute approximate surface area is 103 Å². The molecule has 0 bridgehead atoms. The van der Waals surface area contributed by atoms with E-state index < -0.39 is 0 Å². The lowest BCUT2D eigenvalue weighted by Crippen LogP contribution is -2.31. The molecule has 1 N–H and O–H groups in total. The third-order valence-corrected chi connectivity index (χ3v) is 4.35. The molecule has 1 saturated carbocycles. The van der Waals surface area contributed by atoms with Crippen molar-refractivity contribution in [2.75, 3.05) is 6.54 Å². The fraction of sp³-hybridized carbons (Fsp3) is 0.308. The number of rotatable bonds is 4. The Hall–Kier alpha value is -1.55. The normalized spacial score (nSPS) is 16.7. The fourth-order valence-electron chi connectivity index (χ4n) is 1.99. The summed E-state index contributed by atoms with van der Waals surface area (Å²) >= 11 is 1.77. The molecule has 2 aromatic rings. The first-order valence-corrected chi connectivity index (χ1v) is 6.54. The standard InChI is InChI=1S/C13H13NO2S/c15-12(10-3-1-7-16-10)14-9-13(5-6-13)11-4-2-8-17-11/h1-4,7-8H,5-6,9H2,(H,14,15). The van der Waals surface area contributed by atoms with E-state index in [-0.39, 0.29) is 11.3 Å². The van der Waals surface area contributed by atoms with Crippen molar-refractivity contribution in [1.82, 2.24) is 5.32 Å². The number of hydrogen-bond acceptors (Lipinski definition) is 3. The summed E-state index contributed by atoms with van der Waals surface area (Å²) in [6.07, 6.45) is 3.83. The summed E-state index contributed by atoms with van der Waals surface area (Å²) in [5.74, 6) is 0.254. The third kappa shape index (κ3) is 2.00. The van der Waals surface area contributed by atoms with Gasteiger partial charge in [-0.1, -0.05) is 6.07 Å². The lowest BCUT2D eigenvalue weighted by molar-refractivity contribution is 0.0922. The molecule has 17 heavy (non-hydrogen) atoms. The zero-order valence-electron chi connectivity index (χ0n) is 9.31. The van der Waals surface area contributed by atoms with E-state index in [1.54, 1.807) is 23.5 Å². The summed E-state index contributed by atoms with van der Waals surface area (Å²) in [7, 11) is 0. The lowest BCUT2D eigenvalue weighted by atomic mass is 10.1. The molecule has 0 unspecified atom stereocenters. The molecule has 2 aromatic heterocycles. The number of thiophene rings is 1. The van der Waals surface area contributed by atoms with Crippen molar-refractivity contribution in [2.24, 2.45) is 0 Å². The van der Waals surface area contributed by atoms with Crippen LogP contribution >= 0.6 is 11.3 Å². The molecule has 1 aliphatic rings. The van der Waals surface area contributed by atoms with Crippen LogP contribution in [0.25, 0.3) is 0 Å². The van der Waals surface area contributed by atoms with Gasteiger partial charge in [0.2, 0.25) is 0 Å². The minimum absolute atomic E-state index is 0.127. The number of nitrogens with one attached hydrogen (secondary N) is 1. The maximum absolute atomic E-state index is 11.7. The van der Waals surface area contributed by atoms with Gasteiger partial charge >= 0.3 is 0 Å². The third-order valence-electron chi connectivity index (χ3n) is 3.23. The van der Waals surface area contributed by atoms with Crippen LogP contribution in [-0.2, 0) is 5.41 Å². The van der Waals surface area contributed by atoms with Gasteiger partial charge in [0, 0.05) is 16.8 Å². The highest BCUT2D eigenvalue weighted by Crippen LogP contribution is 2.49. The topological polar surface area (TPSA) is 42.2 Å². The van der Waals surface area contributed by atoms with Crippen LogP contribution in [0.5, 0.6) is 0 Å². The average molecular weight is 247 g/mol. The number of furan rings is 1. The van der Waals surface area contributed by atoms with E-state index in [0.29, 0.717) is 12.3 Å². The summed E-state index contributed by atoms with van der Waals surface area (Å²) in [5, 5.41) is 5.04. The van der Waals surface area contributed by atoms with E-state index in [2.05, 4.69) is 22.8 Å². The van der Waals surface area contributed by atoms with Gasteiger partial charge in [-0.15, -0.1) is 11.3 Å². The average Bonchev–Trinajstić information content (AvgIpc) is 2.82. The van der Waals surface area contributed by atoms with Gasteiger partial charge in [0.15, 0.2) is 5.76 Å². The maximum atomic E-state index is 11.7. The zero-order chi connectivity index (χ0) is 11.7. The van der Waals surface area contributed by atoms with E-state index in [1.165, 1.54) is 11.1 Å². The molecule has 0 aliphatic heterocycles. The quantitative estimate of drug-likeness (QED) is 0.902. The summed E-state index contributed by atoms with van der Waals surface area (Å²) < 4.78 is 5.06. The SMILES string of the molecule is O=C(NCC1(c2cccs2)CC1)c1ccco1. The molecular weight excluding hydrogens is 234 g/mol. The van der Waals surface area contributed by atoms with E-state index in [0.717, 1.165) is 12.8 Å². The Morgan fingerprint density at radius 1 is 1.41 bits per heavy atom. The van der Waals surface area contributed by atoms with Gasteiger partial charge in [0.25, 0.3) is 5.91 Å². The molecule has 1 aliphatic carbocycles. The second kappa shape index (κ2) is 4.04. The van der Waals surface area contributed by atoms with Crippen LogP contribution in [0.3, 0.4) is 0 Å². The monoisotopic (exact) mass is 247 g/mol. The van der Waals surface area contributed by atoms with Crippen molar-refractivity contribution in [3.8, 4) is 0 Å². The minimum atomic E-state index is -0.127. The number of carbonyl (C=O) groups is 1. The van der Waals surface area contributed by atoms with Crippen molar-refractivity contribution >= 4 is 17.2 Å². The predicted octanol–water partition coefficient (Wildman–Crippen LogP) is 2.80. The lowest BCUT2D eigenvalue weighted by Gasteiger charge is -2.13. The highest BCUT2D eigenvalue weighted by molar-refractivity contribution is 7.10. The first-order chi connectivity index (χ1) is 8.30.